The van der Waals surface area contributed by atoms with Crippen LogP contribution in [0.25, 0.3) is 0 Å². The van der Waals surface area contributed by atoms with E-state index in [0.717, 1.165) is 18.5 Å². The van der Waals surface area contributed by atoms with Crippen LogP contribution in [0.1, 0.15) is 24.5 Å². The lowest BCUT2D eigenvalue weighted by Gasteiger charge is -2.06. The summed E-state index contributed by atoms with van der Waals surface area (Å²) in [6.07, 6.45) is 2.26. The minimum Gasteiger partial charge on any atom is -0.398 e. The van der Waals surface area contributed by atoms with Crippen molar-refractivity contribution in [3.8, 4) is 0 Å². The van der Waals surface area contributed by atoms with Gasteiger partial charge in [0.2, 0.25) is 0 Å². The molecule has 1 aliphatic rings. The lowest BCUT2D eigenvalue weighted by Crippen LogP contribution is -2.13. The van der Waals surface area contributed by atoms with Crippen molar-refractivity contribution in [2.45, 2.75) is 23.7 Å². The molecule has 0 bridgehead atoms. The lowest BCUT2D eigenvalue weighted by molar-refractivity contribution is 0.601. The Morgan fingerprint density at radius 1 is 1.40 bits per heavy atom. The van der Waals surface area contributed by atoms with Gasteiger partial charge in [-0.25, -0.2) is 13.4 Å². The van der Waals surface area contributed by atoms with Gasteiger partial charge < -0.3 is 5.73 Å². The third-order valence-electron chi connectivity index (χ3n) is 3.02. The average Bonchev–Trinajstić information content (AvgIpc) is 3.14. The van der Waals surface area contributed by atoms with Gasteiger partial charge >= 0.3 is 0 Å². The van der Waals surface area contributed by atoms with E-state index in [1.54, 1.807) is 0 Å². The Morgan fingerprint density at radius 3 is 2.80 bits per heavy atom. The lowest BCUT2D eigenvalue weighted by atomic mass is 10.3. The van der Waals surface area contributed by atoms with Crippen LogP contribution in [0.3, 0.4) is 0 Å². The van der Waals surface area contributed by atoms with Gasteiger partial charge in [0.25, 0.3) is 10.0 Å². The highest BCUT2D eigenvalue weighted by Gasteiger charge is 2.27. The number of nitrogen functional groups attached to an aromatic ring is 1. The minimum absolute atomic E-state index is 0.0693. The number of sulfonamides is 1. The molecule has 1 heterocycles. The molecule has 2 aromatic rings. The van der Waals surface area contributed by atoms with Gasteiger partial charge in [-0.3, -0.25) is 4.72 Å². The molecular weight excluding hydrogens is 318 g/mol. The highest BCUT2D eigenvalue weighted by molar-refractivity contribution is 7.93. The van der Waals surface area contributed by atoms with Crippen LogP contribution in [0.2, 0.25) is 5.02 Å². The minimum atomic E-state index is -3.69. The SMILES string of the molecule is Nc1ccc(S(=O)(=O)Nc2nc(C3CC3)cs2)cc1Cl. The Bertz CT molecular complexity index is 754. The molecule has 1 aromatic heterocycles. The van der Waals surface area contributed by atoms with Crippen molar-refractivity contribution in [1.29, 1.82) is 0 Å². The Balaban J connectivity index is 1.84. The smallest absolute Gasteiger partial charge is 0.263 e. The Hall–Kier alpha value is -1.31. The number of nitrogens with zero attached hydrogens (tertiary/aromatic N) is 1. The van der Waals surface area contributed by atoms with Gasteiger partial charge in [-0.2, -0.15) is 0 Å². The first-order chi connectivity index (χ1) is 9.45. The van der Waals surface area contributed by atoms with Crippen LogP contribution in [0, 0.1) is 0 Å². The molecule has 0 amide bonds. The third kappa shape index (κ3) is 2.74. The van der Waals surface area contributed by atoms with E-state index in [4.69, 9.17) is 17.3 Å². The molecule has 1 saturated carbocycles. The maximum absolute atomic E-state index is 12.2. The summed E-state index contributed by atoms with van der Waals surface area (Å²) in [5.74, 6) is 0.496. The number of rotatable bonds is 4. The molecule has 1 fully saturated rings. The van der Waals surface area contributed by atoms with Crippen molar-refractivity contribution >= 4 is 43.8 Å². The van der Waals surface area contributed by atoms with Gasteiger partial charge in [-0.15, -0.1) is 11.3 Å². The highest BCUT2D eigenvalue weighted by atomic mass is 35.5. The van der Waals surface area contributed by atoms with Crippen LogP contribution in [-0.4, -0.2) is 13.4 Å². The molecule has 1 aliphatic carbocycles. The second kappa shape index (κ2) is 4.91. The van der Waals surface area contributed by atoms with Crippen molar-refractivity contribution < 1.29 is 8.42 Å². The molecule has 0 spiro atoms. The van der Waals surface area contributed by atoms with Crippen LogP contribution in [-0.2, 0) is 10.0 Å². The first kappa shape index (κ1) is 13.7. The third-order valence-corrected chi connectivity index (χ3v) is 5.59. The van der Waals surface area contributed by atoms with E-state index < -0.39 is 10.0 Å². The van der Waals surface area contributed by atoms with Crippen molar-refractivity contribution in [3.63, 3.8) is 0 Å². The van der Waals surface area contributed by atoms with Crippen LogP contribution >= 0.6 is 22.9 Å². The molecule has 5 nitrogen and oxygen atoms in total. The van der Waals surface area contributed by atoms with E-state index in [1.165, 1.54) is 29.5 Å². The number of thiazole rings is 1. The summed E-state index contributed by atoms with van der Waals surface area (Å²) in [7, 11) is -3.69. The molecule has 3 rings (SSSR count). The topological polar surface area (TPSA) is 85.1 Å². The predicted molar refractivity (Wildman–Crippen MR) is 80.8 cm³/mol. The second-order valence-electron chi connectivity index (χ2n) is 4.64. The van der Waals surface area contributed by atoms with Gasteiger partial charge in [0.05, 0.1) is 21.3 Å². The highest BCUT2D eigenvalue weighted by Crippen LogP contribution is 2.41. The molecule has 0 unspecified atom stereocenters. The number of halogens is 1. The molecule has 3 N–H and O–H groups in total. The summed E-state index contributed by atoms with van der Waals surface area (Å²) in [5.41, 5.74) is 6.88. The Morgan fingerprint density at radius 2 is 2.15 bits per heavy atom. The van der Waals surface area contributed by atoms with E-state index in [2.05, 4.69) is 9.71 Å². The second-order valence-corrected chi connectivity index (χ2v) is 7.59. The monoisotopic (exact) mass is 329 g/mol. The summed E-state index contributed by atoms with van der Waals surface area (Å²) in [6, 6.07) is 4.21. The number of anilines is 2. The number of nitrogens with one attached hydrogen (secondary N) is 1. The number of nitrogens with two attached hydrogens (primary N) is 1. The molecule has 8 heteroatoms. The van der Waals surface area contributed by atoms with Gasteiger partial charge in [0.1, 0.15) is 0 Å². The van der Waals surface area contributed by atoms with E-state index in [1.807, 2.05) is 5.38 Å². The maximum atomic E-state index is 12.2. The zero-order chi connectivity index (χ0) is 14.3. The summed E-state index contributed by atoms with van der Waals surface area (Å²) in [6.45, 7) is 0. The van der Waals surface area contributed by atoms with Crippen LogP contribution in [0.4, 0.5) is 10.8 Å². The van der Waals surface area contributed by atoms with Gasteiger partial charge in [-0.1, -0.05) is 11.6 Å². The summed E-state index contributed by atoms with van der Waals surface area (Å²) in [5, 5.41) is 2.48. The predicted octanol–water partition coefficient (Wildman–Crippen LogP) is 3.06. The molecule has 0 atom stereocenters. The number of aromatic nitrogens is 1. The Labute approximate surface area is 125 Å². The van der Waals surface area contributed by atoms with Gasteiger partial charge in [-0.05, 0) is 31.0 Å². The van der Waals surface area contributed by atoms with E-state index in [0.29, 0.717) is 16.7 Å². The normalized spacial score (nSPS) is 15.2. The first-order valence-electron chi connectivity index (χ1n) is 5.99. The molecule has 1 aromatic carbocycles. The first-order valence-corrected chi connectivity index (χ1v) is 8.73. The van der Waals surface area contributed by atoms with Crippen molar-refractivity contribution in [2.24, 2.45) is 0 Å². The largest absolute Gasteiger partial charge is 0.398 e. The van der Waals surface area contributed by atoms with Crippen molar-refractivity contribution in [1.82, 2.24) is 4.98 Å². The molecule has 0 radical (unpaired) electrons. The van der Waals surface area contributed by atoms with Crippen molar-refractivity contribution in [3.05, 3.63) is 34.3 Å². The van der Waals surface area contributed by atoms with Crippen LogP contribution < -0.4 is 10.5 Å². The fourth-order valence-corrected chi connectivity index (χ4v) is 4.06. The van der Waals surface area contributed by atoms with Crippen LogP contribution in [0.15, 0.2) is 28.5 Å². The summed E-state index contributed by atoms with van der Waals surface area (Å²) in [4.78, 5) is 4.36. The maximum Gasteiger partial charge on any atom is 0.263 e. The molecular formula is C12H12ClN3O2S2. The van der Waals surface area contributed by atoms with Gasteiger partial charge in [0, 0.05) is 11.3 Å². The summed E-state index contributed by atoms with van der Waals surface area (Å²) >= 11 is 7.13. The van der Waals surface area contributed by atoms with Gasteiger partial charge in [0.15, 0.2) is 5.13 Å². The number of benzene rings is 1. The zero-order valence-corrected chi connectivity index (χ0v) is 12.7. The fourth-order valence-electron chi connectivity index (χ4n) is 1.75. The molecule has 0 aliphatic heterocycles. The zero-order valence-electron chi connectivity index (χ0n) is 10.3. The standard InChI is InChI=1S/C12H12ClN3O2S2/c13-9-5-8(3-4-10(9)14)20(17,18)16-12-15-11(6-19-12)7-1-2-7/h3-7H,1-2,14H2,(H,15,16). The van der Waals surface area contributed by atoms with Crippen LogP contribution in [0.5, 0.6) is 0 Å². The molecule has 0 saturated heterocycles. The van der Waals surface area contributed by atoms with E-state index in [9.17, 15) is 8.42 Å². The molecule has 106 valence electrons. The Kier molecular flexibility index (Phi) is 3.35. The van der Waals surface area contributed by atoms with E-state index in [-0.39, 0.29) is 9.92 Å². The number of hydrogen-bond donors (Lipinski definition) is 2. The summed E-state index contributed by atoms with van der Waals surface area (Å²) < 4.78 is 26.9. The average molecular weight is 330 g/mol. The molecule has 20 heavy (non-hydrogen) atoms. The van der Waals surface area contributed by atoms with Crippen molar-refractivity contribution in [2.75, 3.05) is 10.5 Å². The fraction of sp³-hybridized carbons (Fsp3) is 0.250. The number of hydrogen-bond acceptors (Lipinski definition) is 5. The van der Waals surface area contributed by atoms with E-state index >= 15 is 0 Å². The quantitative estimate of drug-likeness (QED) is 0.844.